The molecule has 4 N–H and O–H groups in total. The molecule has 1 aromatic carbocycles. The lowest BCUT2D eigenvalue weighted by Gasteiger charge is -2.12. The molecule has 0 fully saturated rings. The second-order valence-electron chi connectivity index (χ2n) is 3.87. The normalized spacial score (nSPS) is 12.1. The average molecular weight is 247 g/mol. The van der Waals surface area contributed by atoms with Crippen molar-refractivity contribution in [3.63, 3.8) is 0 Å². The van der Waals surface area contributed by atoms with Crippen LogP contribution in [-0.2, 0) is 0 Å². The number of amides is 1. The maximum absolute atomic E-state index is 11.9. The molecule has 0 aliphatic heterocycles. The topological polar surface area (TPSA) is 98.2 Å². The summed E-state index contributed by atoms with van der Waals surface area (Å²) in [5, 5.41) is 21.4. The number of nitrogens with zero attached hydrogens (tertiary/aromatic N) is 1. The van der Waals surface area contributed by atoms with E-state index in [0.29, 0.717) is 5.82 Å². The Morgan fingerprint density at radius 3 is 2.83 bits per heavy atom. The van der Waals surface area contributed by atoms with Gasteiger partial charge in [0.15, 0.2) is 0 Å². The van der Waals surface area contributed by atoms with Gasteiger partial charge in [0.05, 0.1) is 11.6 Å². The number of carbonyl (C=O) groups excluding carboxylic acids is 1. The molecule has 2 rings (SSSR count). The molecule has 0 saturated heterocycles. The summed E-state index contributed by atoms with van der Waals surface area (Å²) in [5.41, 5.74) is 0.103. The Hall–Kier alpha value is -2.50. The SMILES string of the molecule is CC(NC(=O)c1ccc(O)cc1O)c1ncc[nH]1. The van der Waals surface area contributed by atoms with Gasteiger partial charge in [-0.1, -0.05) is 0 Å². The third-order valence-corrected chi connectivity index (χ3v) is 2.50. The first-order valence-electron chi connectivity index (χ1n) is 5.40. The van der Waals surface area contributed by atoms with E-state index in [-0.39, 0.29) is 23.1 Å². The summed E-state index contributed by atoms with van der Waals surface area (Å²) in [5.74, 6) is -0.166. The van der Waals surface area contributed by atoms with Gasteiger partial charge in [0.2, 0.25) is 0 Å². The third-order valence-electron chi connectivity index (χ3n) is 2.50. The Kier molecular flexibility index (Phi) is 3.18. The molecular weight excluding hydrogens is 234 g/mol. The van der Waals surface area contributed by atoms with Gasteiger partial charge >= 0.3 is 0 Å². The minimum absolute atomic E-state index is 0.0943. The molecule has 0 aliphatic carbocycles. The Balaban J connectivity index is 2.12. The number of carbonyl (C=O) groups is 1. The lowest BCUT2D eigenvalue weighted by molar-refractivity contribution is 0.0935. The zero-order valence-electron chi connectivity index (χ0n) is 9.71. The van der Waals surface area contributed by atoms with Gasteiger partial charge < -0.3 is 20.5 Å². The van der Waals surface area contributed by atoms with E-state index in [9.17, 15) is 9.90 Å². The molecule has 1 atom stereocenters. The molecule has 2 aromatic rings. The summed E-state index contributed by atoms with van der Waals surface area (Å²) in [4.78, 5) is 18.8. The van der Waals surface area contributed by atoms with Crippen LogP contribution in [0.15, 0.2) is 30.6 Å². The summed E-state index contributed by atoms with van der Waals surface area (Å²) in [7, 11) is 0. The van der Waals surface area contributed by atoms with Gasteiger partial charge in [-0.05, 0) is 19.1 Å². The number of nitrogens with one attached hydrogen (secondary N) is 2. The molecule has 1 amide bonds. The van der Waals surface area contributed by atoms with Crippen molar-refractivity contribution in [2.45, 2.75) is 13.0 Å². The molecule has 0 radical (unpaired) electrons. The van der Waals surface area contributed by atoms with Gasteiger partial charge in [-0.15, -0.1) is 0 Å². The van der Waals surface area contributed by atoms with Gasteiger partial charge in [0.1, 0.15) is 17.3 Å². The highest BCUT2D eigenvalue weighted by Gasteiger charge is 2.16. The largest absolute Gasteiger partial charge is 0.508 e. The van der Waals surface area contributed by atoms with E-state index < -0.39 is 5.91 Å². The first kappa shape index (κ1) is 12.0. The van der Waals surface area contributed by atoms with Crippen molar-refractivity contribution in [3.8, 4) is 11.5 Å². The van der Waals surface area contributed by atoms with Gasteiger partial charge in [-0.25, -0.2) is 4.98 Å². The number of benzene rings is 1. The molecule has 18 heavy (non-hydrogen) atoms. The minimum atomic E-state index is -0.434. The summed E-state index contributed by atoms with van der Waals surface area (Å²) < 4.78 is 0. The van der Waals surface area contributed by atoms with Crippen LogP contribution in [-0.4, -0.2) is 26.1 Å². The fourth-order valence-electron chi connectivity index (χ4n) is 1.57. The van der Waals surface area contributed by atoms with Crippen molar-refractivity contribution in [1.82, 2.24) is 15.3 Å². The van der Waals surface area contributed by atoms with E-state index in [0.717, 1.165) is 6.07 Å². The Bertz CT molecular complexity index is 552. The van der Waals surface area contributed by atoms with Gasteiger partial charge in [0.25, 0.3) is 5.91 Å². The lowest BCUT2D eigenvalue weighted by atomic mass is 10.1. The molecule has 0 bridgehead atoms. The summed E-state index contributed by atoms with van der Waals surface area (Å²) in [6, 6.07) is 3.51. The van der Waals surface area contributed by atoms with Crippen molar-refractivity contribution in [2.75, 3.05) is 0 Å². The molecule has 0 saturated carbocycles. The predicted octanol–water partition coefficient (Wildman–Crippen LogP) is 1.31. The van der Waals surface area contributed by atoms with E-state index in [4.69, 9.17) is 5.11 Å². The highest BCUT2D eigenvalue weighted by atomic mass is 16.3. The molecule has 0 aliphatic rings. The highest BCUT2D eigenvalue weighted by molar-refractivity contribution is 5.97. The van der Waals surface area contributed by atoms with E-state index in [2.05, 4.69) is 15.3 Å². The molecule has 94 valence electrons. The average Bonchev–Trinajstić information content (AvgIpc) is 2.81. The second kappa shape index (κ2) is 4.79. The van der Waals surface area contributed by atoms with Crippen molar-refractivity contribution in [1.29, 1.82) is 0 Å². The molecule has 1 unspecified atom stereocenters. The van der Waals surface area contributed by atoms with Crippen LogP contribution in [0.25, 0.3) is 0 Å². The van der Waals surface area contributed by atoms with E-state index in [1.54, 1.807) is 19.3 Å². The van der Waals surface area contributed by atoms with Crippen LogP contribution in [0, 0.1) is 0 Å². The Labute approximate surface area is 103 Å². The zero-order chi connectivity index (χ0) is 13.1. The lowest BCUT2D eigenvalue weighted by Crippen LogP contribution is -2.27. The van der Waals surface area contributed by atoms with Crippen LogP contribution >= 0.6 is 0 Å². The zero-order valence-corrected chi connectivity index (χ0v) is 9.71. The number of hydrogen-bond acceptors (Lipinski definition) is 4. The van der Waals surface area contributed by atoms with Crippen molar-refractivity contribution in [2.24, 2.45) is 0 Å². The van der Waals surface area contributed by atoms with E-state index in [1.807, 2.05) is 0 Å². The summed E-state index contributed by atoms with van der Waals surface area (Å²) in [6.45, 7) is 1.77. The number of imidazole rings is 1. The summed E-state index contributed by atoms with van der Waals surface area (Å²) in [6.07, 6.45) is 3.26. The van der Waals surface area contributed by atoms with Crippen molar-refractivity contribution >= 4 is 5.91 Å². The maximum Gasteiger partial charge on any atom is 0.255 e. The molecular formula is C12H13N3O3. The van der Waals surface area contributed by atoms with Crippen LogP contribution in [0.5, 0.6) is 11.5 Å². The molecule has 0 spiro atoms. The monoisotopic (exact) mass is 247 g/mol. The van der Waals surface area contributed by atoms with Gasteiger partial charge in [0, 0.05) is 18.5 Å². The van der Waals surface area contributed by atoms with E-state index >= 15 is 0 Å². The van der Waals surface area contributed by atoms with Crippen LogP contribution in [0.3, 0.4) is 0 Å². The highest BCUT2D eigenvalue weighted by Crippen LogP contribution is 2.22. The first-order valence-corrected chi connectivity index (χ1v) is 5.40. The smallest absolute Gasteiger partial charge is 0.255 e. The minimum Gasteiger partial charge on any atom is -0.508 e. The predicted molar refractivity (Wildman–Crippen MR) is 64.2 cm³/mol. The summed E-state index contributed by atoms with van der Waals surface area (Å²) >= 11 is 0. The number of rotatable bonds is 3. The van der Waals surface area contributed by atoms with Crippen LogP contribution in [0.1, 0.15) is 29.1 Å². The number of phenols is 2. The Morgan fingerprint density at radius 2 is 2.22 bits per heavy atom. The molecule has 6 heteroatoms. The van der Waals surface area contributed by atoms with Crippen LogP contribution < -0.4 is 5.32 Å². The molecule has 1 heterocycles. The fourth-order valence-corrected chi connectivity index (χ4v) is 1.57. The number of aromatic hydroxyl groups is 2. The molecule has 1 aromatic heterocycles. The number of phenolic OH excluding ortho intramolecular Hbond substituents is 2. The van der Waals surface area contributed by atoms with Crippen molar-refractivity contribution < 1.29 is 15.0 Å². The standard InChI is InChI=1S/C12H13N3O3/c1-7(11-13-4-5-14-11)15-12(18)9-3-2-8(16)6-10(9)17/h2-7,16-17H,1H3,(H,13,14)(H,15,18). The second-order valence-corrected chi connectivity index (χ2v) is 3.87. The van der Waals surface area contributed by atoms with Crippen LogP contribution in [0.4, 0.5) is 0 Å². The van der Waals surface area contributed by atoms with Crippen LogP contribution in [0.2, 0.25) is 0 Å². The quantitative estimate of drug-likeness (QED) is 0.657. The van der Waals surface area contributed by atoms with Crippen molar-refractivity contribution in [3.05, 3.63) is 42.0 Å². The third kappa shape index (κ3) is 2.42. The number of aromatic amines is 1. The maximum atomic E-state index is 11.9. The number of hydrogen-bond donors (Lipinski definition) is 4. The number of H-pyrrole nitrogens is 1. The van der Waals surface area contributed by atoms with Gasteiger partial charge in [-0.3, -0.25) is 4.79 Å². The number of aromatic nitrogens is 2. The Morgan fingerprint density at radius 1 is 1.44 bits per heavy atom. The molecule has 6 nitrogen and oxygen atoms in total. The van der Waals surface area contributed by atoms with Gasteiger partial charge in [-0.2, -0.15) is 0 Å². The fraction of sp³-hybridized carbons (Fsp3) is 0.167. The first-order chi connectivity index (χ1) is 8.58. The van der Waals surface area contributed by atoms with E-state index in [1.165, 1.54) is 12.1 Å².